The van der Waals surface area contributed by atoms with Crippen molar-refractivity contribution >= 4 is 22.6 Å². The van der Waals surface area contributed by atoms with Crippen LogP contribution in [0.5, 0.6) is 0 Å². The number of Topliss-reactive ketones (excluding diaryl/α,β-unsaturated/α-hetero) is 1. The van der Waals surface area contributed by atoms with Crippen molar-refractivity contribution in [2.24, 2.45) is 0 Å². The number of nitrogens with zero attached hydrogens (tertiary/aromatic N) is 2. The van der Waals surface area contributed by atoms with Gasteiger partial charge in [-0.05, 0) is 13.1 Å². The molecule has 23 heavy (non-hydrogen) atoms. The van der Waals surface area contributed by atoms with E-state index >= 15 is 0 Å². The molecule has 0 aliphatic carbocycles. The number of hydrogen-bond donors (Lipinski definition) is 1. The van der Waals surface area contributed by atoms with Gasteiger partial charge in [-0.15, -0.1) is 0 Å². The number of fused-ring (bicyclic) bond motifs is 1. The zero-order valence-electron chi connectivity index (χ0n) is 13.2. The molecule has 0 radical (unpaired) electrons. The molecule has 1 saturated heterocycles. The minimum absolute atomic E-state index is 0.0136. The lowest BCUT2D eigenvalue weighted by molar-refractivity contribution is -0.136. The van der Waals surface area contributed by atoms with Crippen LogP contribution in [0.1, 0.15) is 10.4 Å². The topological polar surface area (TPSA) is 65.6 Å². The van der Waals surface area contributed by atoms with Gasteiger partial charge in [-0.2, -0.15) is 0 Å². The molecule has 0 spiro atoms. The molecule has 3 rings (SSSR count). The van der Waals surface area contributed by atoms with Gasteiger partial charge in [0.1, 0.15) is 0 Å². The number of rotatable bonds is 5. The van der Waals surface area contributed by atoms with E-state index in [1.807, 2.05) is 24.3 Å². The van der Waals surface area contributed by atoms with Crippen LogP contribution in [-0.2, 0) is 9.53 Å². The van der Waals surface area contributed by atoms with Crippen LogP contribution in [0.3, 0.4) is 0 Å². The number of hydrogen-bond acceptors (Lipinski definition) is 4. The van der Waals surface area contributed by atoms with E-state index in [-0.39, 0.29) is 24.8 Å². The number of aromatic amines is 1. The third kappa shape index (κ3) is 3.60. The van der Waals surface area contributed by atoms with Crippen molar-refractivity contribution in [2.75, 3.05) is 46.4 Å². The molecule has 1 fully saturated rings. The Bertz CT molecular complexity index is 704. The van der Waals surface area contributed by atoms with Crippen molar-refractivity contribution in [1.82, 2.24) is 14.8 Å². The summed E-state index contributed by atoms with van der Waals surface area (Å²) in [4.78, 5) is 31.3. The molecular formula is C17H21N3O3. The minimum Gasteiger partial charge on any atom is -0.378 e. The van der Waals surface area contributed by atoms with E-state index in [1.165, 1.54) is 0 Å². The highest BCUT2D eigenvalue weighted by atomic mass is 16.5. The van der Waals surface area contributed by atoms with Crippen molar-refractivity contribution in [1.29, 1.82) is 0 Å². The molecule has 1 aromatic carbocycles. The molecule has 1 N–H and O–H groups in total. The molecule has 0 bridgehead atoms. The SMILES string of the molecule is CN(CC(=O)c1c[nH]c2ccccc12)CC(=O)N1CCOCC1. The van der Waals surface area contributed by atoms with E-state index in [0.29, 0.717) is 31.9 Å². The minimum atomic E-state index is 0.0136. The summed E-state index contributed by atoms with van der Waals surface area (Å²) in [5.41, 5.74) is 1.62. The predicted octanol–water partition coefficient (Wildman–Crippen LogP) is 1.14. The molecule has 1 aromatic heterocycles. The summed E-state index contributed by atoms with van der Waals surface area (Å²) in [6.45, 7) is 2.89. The quantitative estimate of drug-likeness (QED) is 0.841. The summed E-state index contributed by atoms with van der Waals surface area (Å²) in [7, 11) is 1.80. The normalized spacial score (nSPS) is 15.3. The fourth-order valence-electron chi connectivity index (χ4n) is 2.83. The summed E-state index contributed by atoms with van der Waals surface area (Å²) >= 11 is 0. The van der Waals surface area contributed by atoms with Crippen molar-refractivity contribution in [2.45, 2.75) is 0 Å². The fourth-order valence-corrected chi connectivity index (χ4v) is 2.83. The first kappa shape index (κ1) is 15.7. The van der Waals surface area contributed by atoms with Crippen LogP contribution in [0.2, 0.25) is 0 Å². The Labute approximate surface area is 135 Å². The Kier molecular flexibility index (Phi) is 4.73. The number of amides is 1. The van der Waals surface area contributed by atoms with Crippen molar-refractivity contribution in [3.63, 3.8) is 0 Å². The van der Waals surface area contributed by atoms with Crippen LogP contribution >= 0.6 is 0 Å². The zero-order chi connectivity index (χ0) is 16.2. The summed E-state index contributed by atoms with van der Waals surface area (Å²) in [6, 6.07) is 7.72. The number of para-hydroxylation sites is 1. The molecule has 6 heteroatoms. The third-order valence-electron chi connectivity index (χ3n) is 4.07. The molecule has 0 unspecified atom stereocenters. The summed E-state index contributed by atoms with van der Waals surface area (Å²) in [5.74, 6) is 0.0576. The number of H-pyrrole nitrogens is 1. The largest absolute Gasteiger partial charge is 0.378 e. The van der Waals surface area contributed by atoms with Crippen LogP contribution in [-0.4, -0.2) is 72.9 Å². The van der Waals surface area contributed by atoms with E-state index in [1.54, 1.807) is 23.0 Å². The second-order valence-corrected chi connectivity index (χ2v) is 5.84. The maximum Gasteiger partial charge on any atom is 0.236 e. The van der Waals surface area contributed by atoms with Gasteiger partial charge >= 0.3 is 0 Å². The first-order valence-electron chi connectivity index (χ1n) is 7.78. The lowest BCUT2D eigenvalue weighted by Gasteiger charge is -2.28. The fraction of sp³-hybridized carbons (Fsp3) is 0.412. The number of benzene rings is 1. The third-order valence-corrected chi connectivity index (χ3v) is 4.07. The van der Waals surface area contributed by atoms with Gasteiger partial charge in [-0.25, -0.2) is 0 Å². The van der Waals surface area contributed by atoms with E-state index in [2.05, 4.69) is 4.98 Å². The summed E-state index contributed by atoms with van der Waals surface area (Å²) in [5, 5.41) is 0.922. The van der Waals surface area contributed by atoms with E-state index in [4.69, 9.17) is 4.74 Å². The van der Waals surface area contributed by atoms with Crippen molar-refractivity contribution < 1.29 is 14.3 Å². The van der Waals surface area contributed by atoms with Crippen LogP contribution in [0, 0.1) is 0 Å². The Morgan fingerprint density at radius 2 is 1.96 bits per heavy atom. The first-order valence-corrected chi connectivity index (χ1v) is 7.78. The van der Waals surface area contributed by atoms with Gasteiger partial charge in [0.25, 0.3) is 0 Å². The maximum atomic E-state index is 12.5. The second kappa shape index (κ2) is 6.93. The number of nitrogens with one attached hydrogen (secondary N) is 1. The molecule has 2 heterocycles. The highest BCUT2D eigenvalue weighted by Crippen LogP contribution is 2.18. The summed E-state index contributed by atoms with van der Waals surface area (Å²) in [6.07, 6.45) is 1.74. The Morgan fingerprint density at radius 1 is 1.22 bits per heavy atom. The number of ether oxygens (including phenoxy) is 1. The molecule has 2 aromatic rings. The lowest BCUT2D eigenvalue weighted by Crippen LogP contribution is -2.45. The van der Waals surface area contributed by atoms with E-state index in [0.717, 1.165) is 10.9 Å². The Balaban J connectivity index is 1.59. The smallest absolute Gasteiger partial charge is 0.236 e. The van der Waals surface area contributed by atoms with Gasteiger partial charge in [0.05, 0.1) is 26.3 Å². The van der Waals surface area contributed by atoms with Crippen LogP contribution in [0.15, 0.2) is 30.5 Å². The molecule has 6 nitrogen and oxygen atoms in total. The highest BCUT2D eigenvalue weighted by molar-refractivity contribution is 6.08. The van der Waals surface area contributed by atoms with Crippen LogP contribution in [0.4, 0.5) is 0 Å². The van der Waals surface area contributed by atoms with Gasteiger partial charge in [0.2, 0.25) is 5.91 Å². The standard InChI is InChI=1S/C17H21N3O3/c1-19(12-17(22)20-6-8-23-9-7-20)11-16(21)14-10-18-15-5-3-2-4-13(14)15/h2-5,10,18H,6-9,11-12H2,1H3. The zero-order valence-corrected chi connectivity index (χ0v) is 13.2. The number of morpholine rings is 1. The van der Waals surface area contributed by atoms with Crippen molar-refractivity contribution in [3.05, 3.63) is 36.0 Å². The molecule has 122 valence electrons. The van der Waals surface area contributed by atoms with Crippen molar-refractivity contribution in [3.8, 4) is 0 Å². The van der Waals surface area contributed by atoms with E-state index < -0.39 is 0 Å². The first-order chi connectivity index (χ1) is 11.1. The van der Waals surface area contributed by atoms with Crippen LogP contribution < -0.4 is 0 Å². The molecular weight excluding hydrogens is 294 g/mol. The number of carbonyl (C=O) groups is 2. The average molecular weight is 315 g/mol. The number of ketones is 1. The molecule has 0 saturated carbocycles. The van der Waals surface area contributed by atoms with Gasteiger partial charge in [0, 0.05) is 35.8 Å². The maximum absolute atomic E-state index is 12.5. The second-order valence-electron chi connectivity index (χ2n) is 5.84. The molecule has 1 amide bonds. The molecule has 1 aliphatic heterocycles. The monoisotopic (exact) mass is 315 g/mol. The van der Waals surface area contributed by atoms with Gasteiger partial charge in [0.15, 0.2) is 5.78 Å². The van der Waals surface area contributed by atoms with Gasteiger partial charge in [-0.3, -0.25) is 14.5 Å². The predicted molar refractivity (Wildman–Crippen MR) is 87.5 cm³/mol. The average Bonchev–Trinajstić information content (AvgIpc) is 2.99. The van der Waals surface area contributed by atoms with Crippen LogP contribution in [0.25, 0.3) is 10.9 Å². The Morgan fingerprint density at radius 3 is 2.74 bits per heavy atom. The molecule has 1 aliphatic rings. The number of carbonyl (C=O) groups excluding carboxylic acids is 2. The van der Waals surface area contributed by atoms with E-state index in [9.17, 15) is 9.59 Å². The Hall–Kier alpha value is -2.18. The molecule has 0 atom stereocenters. The van der Waals surface area contributed by atoms with Gasteiger partial charge in [-0.1, -0.05) is 18.2 Å². The van der Waals surface area contributed by atoms with Gasteiger partial charge < -0.3 is 14.6 Å². The summed E-state index contributed by atoms with van der Waals surface area (Å²) < 4.78 is 5.24. The number of aromatic nitrogens is 1. The highest BCUT2D eigenvalue weighted by Gasteiger charge is 2.20. The number of likely N-dealkylation sites (N-methyl/N-ethyl adjacent to an activating group) is 1. The lowest BCUT2D eigenvalue weighted by atomic mass is 10.1.